The summed E-state index contributed by atoms with van der Waals surface area (Å²) >= 11 is 11.6. The van der Waals surface area contributed by atoms with Crippen molar-refractivity contribution in [2.45, 2.75) is 11.8 Å². The SMILES string of the molecule is CCOc1ccccc1NS(=O)(=O)c1ccc(Cl)c(Cl)c1. The zero-order chi connectivity index (χ0) is 15.5. The van der Waals surface area contributed by atoms with Crippen LogP contribution in [0.1, 0.15) is 6.92 Å². The molecule has 0 fully saturated rings. The third-order valence-corrected chi connectivity index (χ3v) is 4.73. The van der Waals surface area contributed by atoms with Crippen LogP contribution in [-0.4, -0.2) is 15.0 Å². The Morgan fingerprint density at radius 3 is 2.48 bits per heavy atom. The molecule has 2 aromatic rings. The van der Waals surface area contributed by atoms with Gasteiger partial charge in [-0.3, -0.25) is 4.72 Å². The molecule has 0 radical (unpaired) electrons. The van der Waals surface area contributed by atoms with Crippen LogP contribution < -0.4 is 9.46 Å². The highest BCUT2D eigenvalue weighted by Gasteiger charge is 2.17. The highest BCUT2D eigenvalue weighted by molar-refractivity contribution is 7.92. The molecule has 0 saturated carbocycles. The van der Waals surface area contributed by atoms with Crippen molar-refractivity contribution in [2.24, 2.45) is 0 Å². The van der Waals surface area contributed by atoms with Crippen molar-refractivity contribution in [1.29, 1.82) is 0 Å². The predicted molar refractivity (Wildman–Crippen MR) is 84.9 cm³/mol. The second-order valence-corrected chi connectivity index (χ2v) is 6.61. The lowest BCUT2D eigenvalue weighted by atomic mass is 10.3. The van der Waals surface area contributed by atoms with Gasteiger partial charge in [-0.2, -0.15) is 0 Å². The van der Waals surface area contributed by atoms with Crippen LogP contribution in [0.15, 0.2) is 47.4 Å². The van der Waals surface area contributed by atoms with E-state index in [9.17, 15) is 8.42 Å². The summed E-state index contributed by atoms with van der Waals surface area (Å²) in [5.74, 6) is 0.462. The standard InChI is InChI=1S/C14H13Cl2NO3S/c1-2-20-14-6-4-3-5-13(14)17-21(18,19)10-7-8-11(15)12(16)9-10/h3-9,17H,2H2,1H3. The van der Waals surface area contributed by atoms with Gasteiger partial charge in [-0.1, -0.05) is 35.3 Å². The molecular weight excluding hydrogens is 333 g/mol. The molecule has 21 heavy (non-hydrogen) atoms. The van der Waals surface area contributed by atoms with E-state index >= 15 is 0 Å². The molecule has 0 bridgehead atoms. The molecule has 0 unspecified atom stereocenters. The first-order chi connectivity index (χ1) is 9.94. The number of para-hydroxylation sites is 2. The highest BCUT2D eigenvalue weighted by atomic mass is 35.5. The largest absolute Gasteiger partial charge is 0.492 e. The maximum atomic E-state index is 12.4. The minimum Gasteiger partial charge on any atom is -0.492 e. The summed E-state index contributed by atoms with van der Waals surface area (Å²) in [5.41, 5.74) is 0.366. The Kier molecular flexibility index (Phi) is 4.98. The Balaban J connectivity index is 2.35. The topological polar surface area (TPSA) is 55.4 Å². The number of hydrogen-bond acceptors (Lipinski definition) is 3. The molecule has 0 amide bonds. The summed E-state index contributed by atoms with van der Waals surface area (Å²) < 4.78 is 32.6. The van der Waals surface area contributed by atoms with E-state index in [0.29, 0.717) is 23.1 Å². The lowest BCUT2D eigenvalue weighted by Gasteiger charge is -2.13. The number of halogens is 2. The summed E-state index contributed by atoms with van der Waals surface area (Å²) in [6.07, 6.45) is 0. The zero-order valence-electron chi connectivity index (χ0n) is 11.1. The van der Waals surface area contributed by atoms with Gasteiger partial charge in [0.05, 0.1) is 27.2 Å². The van der Waals surface area contributed by atoms with E-state index in [4.69, 9.17) is 27.9 Å². The molecule has 0 spiro atoms. The lowest BCUT2D eigenvalue weighted by molar-refractivity contribution is 0.342. The van der Waals surface area contributed by atoms with E-state index in [1.807, 2.05) is 6.92 Å². The summed E-state index contributed by atoms with van der Waals surface area (Å²) in [5, 5.41) is 0.475. The fourth-order valence-corrected chi connectivity index (χ4v) is 3.14. The second-order valence-electron chi connectivity index (χ2n) is 4.11. The van der Waals surface area contributed by atoms with Crippen LogP contribution in [-0.2, 0) is 10.0 Å². The van der Waals surface area contributed by atoms with Gasteiger partial charge in [-0.15, -0.1) is 0 Å². The van der Waals surface area contributed by atoms with E-state index in [1.165, 1.54) is 18.2 Å². The van der Waals surface area contributed by atoms with Crippen molar-refractivity contribution < 1.29 is 13.2 Å². The van der Waals surface area contributed by atoms with E-state index in [0.717, 1.165) is 0 Å². The normalized spacial score (nSPS) is 11.2. The number of hydrogen-bond donors (Lipinski definition) is 1. The van der Waals surface area contributed by atoms with Gasteiger partial charge in [0.2, 0.25) is 0 Å². The van der Waals surface area contributed by atoms with Crippen LogP contribution in [0, 0.1) is 0 Å². The van der Waals surface area contributed by atoms with Gasteiger partial charge in [0, 0.05) is 0 Å². The zero-order valence-corrected chi connectivity index (χ0v) is 13.5. The maximum absolute atomic E-state index is 12.4. The van der Waals surface area contributed by atoms with Crippen molar-refractivity contribution in [3.05, 3.63) is 52.5 Å². The van der Waals surface area contributed by atoms with Crippen LogP contribution in [0.25, 0.3) is 0 Å². The van der Waals surface area contributed by atoms with Crippen molar-refractivity contribution in [1.82, 2.24) is 0 Å². The maximum Gasteiger partial charge on any atom is 0.262 e. The molecule has 7 heteroatoms. The fraction of sp³-hybridized carbons (Fsp3) is 0.143. The van der Waals surface area contributed by atoms with Gasteiger partial charge in [0.1, 0.15) is 5.75 Å². The molecule has 0 heterocycles. The summed E-state index contributed by atoms with van der Waals surface area (Å²) in [6.45, 7) is 2.26. The summed E-state index contributed by atoms with van der Waals surface area (Å²) in [6, 6.07) is 10.9. The minimum atomic E-state index is -3.77. The van der Waals surface area contributed by atoms with Crippen molar-refractivity contribution in [3.8, 4) is 5.75 Å². The molecule has 0 saturated heterocycles. The molecule has 2 aromatic carbocycles. The minimum absolute atomic E-state index is 0.0307. The average molecular weight is 346 g/mol. The van der Waals surface area contributed by atoms with Gasteiger partial charge in [0.15, 0.2) is 0 Å². The predicted octanol–water partition coefficient (Wildman–Crippen LogP) is 4.19. The number of benzene rings is 2. The Bertz CT molecular complexity index is 748. The van der Waals surface area contributed by atoms with Crippen LogP contribution in [0.4, 0.5) is 5.69 Å². The highest BCUT2D eigenvalue weighted by Crippen LogP contribution is 2.29. The molecule has 0 aliphatic rings. The van der Waals surface area contributed by atoms with Crippen LogP contribution in [0.5, 0.6) is 5.75 Å². The summed E-state index contributed by atoms with van der Waals surface area (Å²) in [7, 11) is -3.77. The van der Waals surface area contributed by atoms with Gasteiger partial charge >= 0.3 is 0 Å². The van der Waals surface area contributed by atoms with Crippen molar-refractivity contribution in [2.75, 3.05) is 11.3 Å². The fourth-order valence-electron chi connectivity index (χ4n) is 1.68. The smallest absolute Gasteiger partial charge is 0.262 e. The molecule has 0 aliphatic carbocycles. The average Bonchev–Trinajstić information content (AvgIpc) is 2.44. The Morgan fingerprint density at radius 2 is 1.81 bits per heavy atom. The second kappa shape index (κ2) is 6.56. The van der Waals surface area contributed by atoms with E-state index in [2.05, 4.69) is 4.72 Å². The molecule has 1 N–H and O–H groups in total. The molecule has 0 aromatic heterocycles. The van der Waals surface area contributed by atoms with Gasteiger partial charge in [0.25, 0.3) is 10.0 Å². The molecule has 4 nitrogen and oxygen atoms in total. The monoisotopic (exact) mass is 345 g/mol. The first-order valence-electron chi connectivity index (χ1n) is 6.13. The Labute approximate surface area is 133 Å². The molecule has 112 valence electrons. The first-order valence-corrected chi connectivity index (χ1v) is 8.37. The number of anilines is 1. The van der Waals surface area contributed by atoms with Gasteiger partial charge in [-0.05, 0) is 37.3 Å². The van der Waals surface area contributed by atoms with E-state index < -0.39 is 10.0 Å². The van der Waals surface area contributed by atoms with Crippen LogP contribution >= 0.6 is 23.2 Å². The molecule has 0 atom stereocenters. The van der Waals surface area contributed by atoms with E-state index in [1.54, 1.807) is 24.3 Å². The number of ether oxygens (including phenoxy) is 1. The van der Waals surface area contributed by atoms with Gasteiger partial charge < -0.3 is 4.74 Å². The van der Waals surface area contributed by atoms with Crippen molar-refractivity contribution >= 4 is 38.9 Å². The molecule has 2 rings (SSSR count). The first kappa shape index (κ1) is 15.9. The quantitative estimate of drug-likeness (QED) is 0.883. The van der Waals surface area contributed by atoms with Crippen LogP contribution in [0.3, 0.4) is 0 Å². The number of sulfonamides is 1. The van der Waals surface area contributed by atoms with Crippen molar-refractivity contribution in [3.63, 3.8) is 0 Å². The lowest BCUT2D eigenvalue weighted by Crippen LogP contribution is -2.13. The summed E-state index contributed by atoms with van der Waals surface area (Å²) in [4.78, 5) is 0.0307. The van der Waals surface area contributed by atoms with Crippen LogP contribution in [0.2, 0.25) is 10.0 Å². The molecule has 0 aliphatic heterocycles. The van der Waals surface area contributed by atoms with E-state index in [-0.39, 0.29) is 9.92 Å². The Hall–Kier alpha value is -1.43. The third kappa shape index (κ3) is 3.81. The van der Waals surface area contributed by atoms with Gasteiger partial charge in [-0.25, -0.2) is 8.42 Å². The number of nitrogens with one attached hydrogen (secondary N) is 1. The Morgan fingerprint density at radius 1 is 1.10 bits per heavy atom. The molecular formula is C14H13Cl2NO3S. The third-order valence-electron chi connectivity index (χ3n) is 2.63. The number of rotatable bonds is 5.